The van der Waals surface area contributed by atoms with Gasteiger partial charge in [-0.25, -0.2) is 14.8 Å². The quantitative estimate of drug-likeness (QED) is 0.310. The van der Waals surface area contributed by atoms with E-state index in [1.165, 1.54) is 38.6 Å². The van der Waals surface area contributed by atoms with Crippen molar-refractivity contribution >= 4 is 52.9 Å². The molecule has 3 aromatic rings. The van der Waals surface area contributed by atoms with Crippen LogP contribution in [0.3, 0.4) is 0 Å². The molecule has 0 atom stereocenters. The second-order valence-electron chi connectivity index (χ2n) is 10.1. The number of anilines is 5. The zero-order chi connectivity index (χ0) is 26.2. The Morgan fingerprint density at radius 2 is 1.86 bits per heavy atom. The highest BCUT2D eigenvalue weighted by Crippen LogP contribution is 2.41. The summed E-state index contributed by atoms with van der Waals surface area (Å²) in [5.74, 6) is 0.608. The van der Waals surface area contributed by atoms with E-state index in [0.717, 1.165) is 19.4 Å². The Hall–Kier alpha value is -2.87. The summed E-state index contributed by atoms with van der Waals surface area (Å²) in [5, 5.41) is 9.04. The molecular formula is C26H31ClFN6O2P. The number of halogens is 2. The number of nitrogens with one attached hydrogen (secondary N) is 3. The van der Waals surface area contributed by atoms with Crippen molar-refractivity contribution < 1.29 is 13.7 Å². The Bertz CT molecular complexity index is 1350. The number of para-hydroxylation sites is 1. The smallest absolute Gasteiger partial charge is 0.229 e. The Kier molecular flexibility index (Phi) is 7.05. The van der Waals surface area contributed by atoms with Gasteiger partial charge >= 0.3 is 0 Å². The number of nitrogens with zero attached hydrogens (tertiary/aromatic N) is 3. The Labute approximate surface area is 221 Å². The molecule has 1 aliphatic heterocycles. The van der Waals surface area contributed by atoms with E-state index < -0.39 is 7.14 Å². The van der Waals surface area contributed by atoms with Crippen LogP contribution >= 0.6 is 18.7 Å². The Balaban J connectivity index is 1.37. The first-order valence-corrected chi connectivity index (χ1v) is 15.3. The van der Waals surface area contributed by atoms with Crippen molar-refractivity contribution in [3.05, 3.63) is 53.4 Å². The van der Waals surface area contributed by atoms with Gasteiger partial charge in [-0.2, -0.15) is 4.98 Å². The zero-order valence-electron chi connectivity index (χ0n) is 21.1. The molecule has 8 nitrogen and oxygen atoms in total. The van der Waals surface area contributed by atoms with Gasteiger partial charge in [0, 0.05) is 17.4 Å². The van der Waals surface area contributed by atoms with Gasteiger partial charge in [0.25, 0.3) is 0 Å². The van der Waals surface area contributed by atoms with Crippen LogP contribution in [-0.2, 0) is 4.57 Å². The summed E-state index contributed by atoms with van der Waals surface area (Å²) >= 11 is 6.36. The predicted molar refractivity (Wildman–Crippen MR) is 148 cm³/mol. The van der Waals surface area contributed by atoms with Crippen molar-refractivity contribution in [1.82, 2.24) is 15.4 Å². The summed E-state index contributed by atoms with van der Waals surface area (Å²) in [6.45, 7) is 4.19. The first-order valence-electron chi connectivity index (χ1n) is 12.3. The molecule has 1 saturated carbocycles. The van der Waals surface area contributed by atoms with Crippen LogP contribution in [0.2, 0.25) is 5.02 Å². The topological polar surface area (TPSA) is 91.4 Å². The molecular weight excluding hydrogens is 514 g/mol. The van der Waals surface area contributed by atoms with Crippen molar-refractivity contribution in [3.8, 4) is 5.75 Å². The number of benzene rings is 2. The molecule has 5 rings (SSSR count). The maximum atomic E-state index is 15.2. The van der Waals surface area contributed by atoms with Gasteiger partial charge in [0.1, 0.15) is 23.7 Å². The van der Waals surface area contributed by atoms with Crippen molar-refractivity contribution in [3.63, 3.8) is 0 Å². The monoisotopic (exact) mass is 544 g/mol. The fraction of sp³-hybridized carbons (Fsp3) is 0.385. The average Bonchev–Trinajstić information content (AvgIpc) is 2.85. The lowest BCUT2D eigenvalue weighted by molar-refractivity contribution is 0.151. The third-order valence-corrected chi connectivity index (χ3v) is 8.76. The van der Waals surface area contributed by atoms with Crippen molar-refractivity contribution in [1.29, 1.82) is 0 Å². The molecule has 37 heavy (non-hydrogen) atoms. The first kappa shape index (κ1) is 25.8. The fourth-order valence-electron chi connectivity index (χ4n) is 5.04. The van der Waals surface area contributed by atoms with Gasteiger partial charge < -0.3 is 24.9 Å². The van der Waals surface area contributed by atoms with E-state index in [4.69, 9.17) is 16.3 Å². The molecule has 2 fully saturated rings. The summed E-state index contributed by atoms with van der Waals surface area (Å²) in [4.78, 5) is 8.72. The number of hydrogen-bond acceptors (Lipinski definition) is 8. The normalized spacial score (nSPS) is 16.8. The SMILES string of the molecule is COc1cc(N2CC3(CCCCC3)N2)c(F)cc1Nc1ncc(Cl)c(Nc2ccccc2P(C)(C)=O)n1. The van der Waals surface area contributed by atoms with Crippen LogP contribution in [-0.4, -0.2) is 42.5 Å². The van der Waals surface area contributed by atoms with Crippen LogP contribution in [0.4, 0.5) is 33.2 Å². The van der Waals surface area contributed by atoms with E-state index in [1.807, 2.05) is 29.3 Å². The van der Waals surface area contributed by atoms with Crippen LogP contribution in [0.1, 0.15) is 32.1 Å². The zero-order valence-corrected chi connectivity index (χ0v) is 22.8. The van der Waals surface area contributed by atoms with E-state index in [9.17, 15) is 4.57 Å². The number of ether oxygens (including phenoxy) is 1. The van der Waals surface area contributed by atoms with Crippen LogP contribution in [0.25, 0.3) is 0 Å². The number of hydrogen-bond donors (Lipinski definition) is 3. The maximum absolute atomic E-state index is 15.2. The Morgan fingerprint density at radius 3 is 2.57 bits per heavy atom. The summed E-state index contributed by atoms with van der Waals surface area (Å²) in [6, 6.07) is 10.4. The minimum atomic E-state index is -2.54. The lowest BCUT2D eigenvalue weighted by Crippen LogP contribution is -2.72. The Morgan fingerprint density at radius 1 is 1.14 bits per heavy atom. The molecule has 2 aromatic carbocycles. The molecule has 1 aliphatic carbocycles. The van der Waals surface area contributed by atoms with Gasteiger partial charge in [-0.1, -0.05) is 43.0 Å². The van der Waals surface area contributed by atoms with Crippen molar-refractivity contribution in [2.45, 2.75) is 37.6 Å². The molecule has 1 saturated heterocycles. The first-order chi connectivity index (χ1) is 17.7. The highest BCUT2D eigenvalue weighted by atomic mass is 35.5. The predicted octanol–water partition coefficient (Wildman–Crippen LogP) is 6.04. The highest BCUT2D eigenvalue weighted by Gasteiger charge is 2.44. The maximum Gasteiger partial charge on any atom is 0.229 e. The number of methoxy groups -OCH3 is 1. The molecule has 0 bridgehead atoms. The average molecular weight is 545 g/mol. The summed E-state index contributed by atoms with van der Waals surface area (Å²) in [5.41, 5.74) is 5.04. The van der Waals surface area contributed by atoms with Crippen LogP contribution in [0.5, 0.6) is 5.75 Å². The number of rotatable bonds is 7. The van der Waals surface area contributed by atoms with Crippen LogP contribution in [0, 0.1) is 5.82 Å². The van der Waals surface area contributed by atoms with Crippen LogP contribution < -0.4 is 31.1 Å². The molecule has 196 valence electrons. The standard InChI is InChI=1S/C26H31ClFN6O2P/c1-36-22-14-21(34-16-26(33-34)11-7-4-8-12-26)18(28)13-20(22)31-25-29-15-17(27)24(32-25)30-19-9-5-6-10-23(19)37(2,3)35/h5-6,9-10,13-15,33H,4,7-8,11-12,16H2,1-3H3,(H2,29,30,31,32). The van der Waals surface area contributed by atoms with E-state index in [2.05, 4.69) is 26.0 Å². The van der Waals surface area contributed by atoms with Gasteiger partial charge in [-0.3, -0.25) is 0 Å². The van der Waals surface area contributed by atoms with Crippen molar-refractivity contribution in [2.75, 3.05) is 42.6 Å². The molecule has 0 amide bonds. The fourth-order valence-corrected chi connectivity index (χ4v) is 6.34. The van der Waals surface area contributed by atoms with Gasteiger partial charge in [0.2, 0.25) is 5.95 Å². The highest BCUT2D eigenvalue weighted by molar-refractivity contribution is 7.70. The molecule has 2 aliphatic rings. The molecule has 1 aromatic heterocycles. The largest absolute Gasteiger partial charge is 0.494 e. The van der Waals surface area contributed by atoms with Gasteiger partial charge in [0.15, 0.2) is 5.82 Å². The second-order valence-corrected chi connectivity index (χ2v) is 13.6. The van der Waals surface area contributed by atoms with Gasteiger partial charge in [-0.15, -0.1) is 0 Å². The van der Waals surface area contributed by atoms with E-state index in [-0.39, 0.29) is 22.3 Å². The third kappa shape index (κ3) is 5.40. The molecule has 3 N–H and O–H groups in total. The minimum Gasteiger partial charge on any atom is -0.494 e. The molecule has 2 heterocycles. The van der Waals surface area contributed by atoms with Crippen LogP contribution in [0.15, 0.2) is 42.6 Å². The number of hydrazine groups is 1. The molecule has 1 spiro atoms. The van der Waals surface area contributed by atoms with E-state index >= 15 is 4.39 Å². The van der Waals surface area contributed by atoms with E-state index in [1.54, 1.807) is 19.4 Å². The molecule has 0 unspecified atom stereocenters. The van der Waals surface area contributed by atoms with Crippen molar-refractivity contribution in [2.24, 2.45) is 0 Å². The lowest BCUT2D eigenvalue weighted by Gasteiger charge is -2.54. The molecule has 0 radical (unpaired) electrons. The summed E-state index contributed by atoms with van der Waals surface area (Å²) < 4.78 is 33.5. The second kappa shape index (κ2) is 10.1. The molecule has 11 heteroatoms. The van der Waals surface area contributed by atoms with E-state index in [0.29, 0.717) is 33.9 Å². The third-order valence-electron chi connectivity index (χ3n) is 6.93. The number of aromatic nitrogens is 2. The lowest BCUT2D eigenvalue weighted by atomic mass is 9.79. The van der Waals surface area contributed by atoms with Gasteiger partial charge in [0.05, 0.1) is 42.5 Å². The summed E-state index contributed by atoms with van der Waals surface area (Å²) in [6.07, 6.45) is 7.35. The van der Waals surface area contributed by atoms with Gasteiger partial charge in [-0.05, 0) is 38.3 Å². The minimum absolute atomic E-state index is 0.0945. The summed E-state index contributed by atoms with van der Waals surface area (Å²) in [7, 11) is -1.01.